The second-order valence-electron chi connectivity index (χ2n) is 27.9. The van der Waals surface area contributed by atoms with Gasteiger partial charge in [-0.05, 0) is 128 Å². The van der Waals surface area contributed by atoms with E-state index in [1.165, 1.54) is 154 Å². The molecular formula is C87H152O16P2. The summed E-state index contributed by atoms with van der Waals surface area (Å²) in [5.41, 5.74) is 0. The fourth-order valence-electron chi connectivity index (χ4n) is 11.3. The number of hydrogen-bond acceptors (Lipinski definition) is 14. The molecule has 0 rings (SSSR count). The van der Waals surface area contributed by atoms with Crippen molar-refractivity contribution in [3.63, 3.8) is 0 Å². The highest BCUT2D eigenvalue weighted by Gasteiger charge is 2.29. The van der Waals surface area contributed by atoms with E-state index in [0.717, 1.165) is 141 Å². The molecule has 0 aromatic rings. The lowest BCUT2D eigenvalue weighted by Crippen LogP contribution is -2.30. The van der Waals surface area contributed by atoms with Crippen LogP contribution in [0.2, 0.25) is 0 Å². The number of carbonyl (C=O) groups is 3. The minimum atomic E-state index is -4.93. The van der Waals surface area contributed by atoms with Crippen molar-refractivity contribution >= 4 is 33.6 Å². The summed E-state index contributed by atoms with van der Waals surface area (Å²) in [5.74, 6) is -1.58. The molecule has 0 aromatic carbocycles. The Morgan fingerprint density at radius 3 is 0.838 bits per heavy atom. The Morgan fingerprint density at radius 1 is 0.276 bits per heavy atom. The van der Waals surface area contributed by atoms with Gasteiger partial charge in [-0.2, -0.15) is 0 Å². The third-order valence-electron chi connectivity index (χ3n) is 17.6. The molecule has 0 saturated carbocycles. The first-order chi connectivity index (χ1) is 51.2. The van der Waals surface area contributed by atoms with Crippen molar-refractivity contribution in [2.75, 3.05) is 39.6 Å². The van der Waals surface area contributed by atoms with Crippen LogP contribution < -0.4 is 0 Å². The molecule has 16 nitrogen and oxygen atoms in total. The molecule has 0 aliphatic carbocycles. The number of aliphatic hydroxyl groups excluding tert-OH is 2. The Kier molecular flexibility index (Phi) is 76.4. The number of aliphatic hydroxyl groups is 2. The molecule has 0 aliphatic heterocycles. The van der Waals surface area contributed by atoms with Crippen molar-refractivity contribution in [1.29, 1.82) is 0 Å². The van der Waals surface area contributed by atoms with Crippen molar-refractivity contribution in [3.05, 3.63) is 122 Å². The number of hydrogen-bond donors (Lipinski definition) is 4. The van der Waals surface area contributed by atoms with Crippen molar-refractivity contribution in [3.8, 4) is 0 Å². The van der Waals surface area contributed by atoms with E-state index in [1.807, 2.05) is 0 Å². The van der Waals surface area contributed by atoms with Crippen LogP contribution >= 0.6 is 15.6 Å². The van der Waals surface area contributed by atoms with Crippen LogP contribution in [-0.2, 0) is 55.8 Å². The first kappa shape index (κ1) is 101. The highest BCUT2D eigenvalue weighted by Crippen LogP contribution is 2.45. The fourth-order valence-corrected chi connectivity index (χ4v) is 12.9. The van der Waals surface area contributed by atoms with E-state index in [4.69, 9.17) is 32.3 Å². The lowest BCUT2D eigenvalue weighted by Gasteiger charge is -2.21. The average Bonchev–Trinajstić information content (AvgIpc) is 0.918. The molecule has 0 aliphatic rings. The quantitative estimate of drug-likeness (QED) is 0.0146. The molecule has 105 heavy (non-hydrogen) atoms. The van der Waals surface area contributed by atoms with Crippen LogP contribution in [0.4, 0.5) is 0 Å². The summed E-state index contributed by atoms with van der Waals surface area (Å²) in [4.78, 5) is 58.6. The Labute approximate surface area is 640 Å². The molecule has 0 fully saturated rings. The van der Waals surface area contributed by atoms with Gasteiger partial charge in [-0.25, -0.2) is 9.13 Å². The molecule has 0 heterocycles. The molecule has 5 unspecified atom stereocenters. The predicted octanol–water partition coefficient (Wildman–Crippen LogP) is 24.9. The number of allylic oxidation sites excluding steroid dienone is 20. The van der Waals surface area contributed by atoms with Gasteiger partial charge in [-0.3, -0.25) is 32.5 Å². The molecule has 0 amide bonds. The van der Waals surface area contributed by atoms with Gasteiger partial charge in [-0.1, -0.05) is 328 Å². The first-order valence-electron chi connectivity index (χ1n) is 41.8. The van der Waals surface area contributed by atoms with Crippen molar-refractivity contribution in [2.45, 2.75) is 373 Å². The van der Waals surface area contributed by atoms with Crippen molar-refractivity contribution < 1.29 is 75.8 Å². The zero-order chi connectivity index (χ0) is 76.6. The van der Waals surface area contributed by atoms with Crippen LogP contribution in [0.25, 0.3) is 0 Å². The smallest absolute Gasteiger partial charge is 0.463 e. The molecule has 0 radical (unpaired) electrons. The summed E-state index contributed by atoms with van der Waals surface area (Å²) < 4.78 is 61.1. The number of ether oxygens (including phenoxy) is 3. The van der Waals surface area contributed by atoms with Gasteiger partial charge in [0.25, 0.3) is 0 Å². The largest absolute Gasteiger partial charge is 0.472 e. The van der Waals surface area contributed by atoms with E-state index in [2.05, 4.69) is 142 Å². The summed E-state index contributed by atoms with van der Waals surface area (Å²) >= 11 is 0. The zero-order valence-electron chi connectivity index (χ0n) is 66.4. The summed E-state index contributed by atoms with van der Waals surface area (Å²) in [5, 5.41) is 20.6. The second-order valence-corrected chi connectivity index (χ2v) is 30.8. The molecule has 0 bridgehead atoms. The van der Waals surface area contributed by atoms with Crippen molar-refractivity contribution in [2.24, 2.45) is 0 Å². The number of carbonyl (C=O) groups excluding carboxylic acids is 3. The molecule has 0 spiro atoms. The van der Waals surface area contributed by atoms with Crippen LogP contribution in [0.1, 0.15) is 355 Å². The van der Waals surface area contributed by atoms with Crippen molar-refractivity contribution in [1.82, 2.24) is 0 Å². The van der Waals surface area contributed by atoms with Gasteiger partial charge < -0.3 is 34.2 Å². The van der Waals surface area contributed by atoms with E-state index in [9.17, 15) is 43.5 Å². The normalized spacial score (nSPS) is 14.5. The van der Waals surface area contributed by atoms with Crippen LogP contribution in [0.15, 0.2) is 122 Å². The fraction of sp³-hybridized carbons (Fsp3) is 0.736. The highest BCUT2D eigenvalue weighted by molar-refractivity contribution is 7.47. The lowest BCUT2D eigenvalue weighted by atomic mass is 10.0. The molecule has 5 atom stereocenters. The summed E-state index contributed by atoms with van der Waals surface area (Å²) in [7, 11) is -9.79. The van der Waals surface area contributed by atoms with Gasteiger partial charge in [0, 0.05) is 19.3 Å². The Hall–Kier alpha value is -4.05. The Balaban J connectivity index is 4.39. The summed E-state index contributed by atoms with van der Waals surface area (Å²) in [6, 6.07) is 0. The van der Waals surface area contributed by atoms with Gasteiger partial charge in [0.05, 0.1) is 26.4 Å². The number of phosphoric ester groups is 2. The maximum Gasteiger partial charge on any atom is 0.472 e. The van der Waals surface area contributed by atoms with Crippen LogP contribution in [-0.4, -0.2) is 95.9 Å². The highest BCUT2D eigenvalue weighted by atomic mass is 31.2. The second kappa shape index (κ2) is 79.5. The third kappa shape index (κ3) is 80.8. The van der Waals surface area contributed by atoms with Crippen LogP contribution in [0.5, 0.6) is 0 Å². The molecule has 0 aromatic heterocycles. The van der Waals surface area contributed by atoms with E-state index in [-0.39, 0.29) is 19.3 Å². The van der Waals surface area contributed by atoms with Gasteiger partial charge in [0.1, 0.15) is 25.4 Å². The van der Waals surface area contributed by atoms with E-state index in [1.54, 1.807) is 0 Å². The topological polar surface area (TPSA) is 231 Å². The first-order valence-corrected chi connectivity index (χ1v) is 44.8. The molecule has 18 heteroatoms. The molecular weight excluding hydrogens is 1360 g/mol. The van der Waals surface area contributed by atoms with E-state index < -0.39 is 91.5 Å². The summed E-state index contributed by atoms with van der Waals surface area (Å²) in [6.07, 6.45) is 95.6. The average molecular weight is 1520 g/mol. The molecule has 606 valence electrons. The Morgan fingerprint density at radius 2 is 0.514 bits per heavy atom. The predicted molar refractivity (Wildman–Crippen MR) is 436 cm³/mol. The Bertz CT molecular complexity index is 2390. The van der Waals surface area contributed by atoms with E-state index >= 15 is 0 Å². The molecule has 4 N–H and O–H groups in total. The maximum atomic E-state index is 12.9. The number of unbranched alkanes of at least 4 members (excludes halogenated alkanes) is 36. The zero-order valence-corrected chi connectivity index (χ0v) is 68.2. The minimum Gasteiger partial charge on any atom is -0.463 e. The van der Waals surface area contributed by atoms with Gasteiger partial charge in [0.15, 0.2) is 6.10 Å². The summed E-state index contributed by atoms with van der Waals surface area (Å²) in [6.45, 7) is 2.51. The van der Waals surface area contributed by atoms with Crippen LogP contribution in [0.3, 0.4) is 0 Å². The van der Waals surface area contributed by atoms with Gasteiger partial charge in [-0.15, -0.1) is 0 Å². The molecule has 0 saturated heterocycles. The maximum absolute atomic E-state index is 12.9. The van der Waals surface area contributed by atoms with Crippen LogP contribution in [0, 0.1) is 0 Å². The number of esters is 3. The van der Waals surface area contributed by atoms with E-state index in [0.29, 0.717) is 19.3 Å². The monoisotopic (exact) mass is 1520 g/mol. The van der Waals surface area contributed by atoms with Gasteiger partial charge in [0.2, 0.25) is 0 Å². The number of phosphoric acid groups is 2. The lowest BCUT2D eigenvalue weighted by molar-refractivity contribution is -0.161. The standard InChI is InChI=1S/C87H152O16P2/c1-4-7-10-13-16-19-22-24-26-28-30-32-34-36-38-39-40-41-43-45-46-48-50-52-54-56-59-61-64-67-70-73-85(90)97-76-82(88)77-99-104(93,94)100-78-83(89)79-101-105(95,96)102-81-84(103-87(92)75-72-69-66-63-58-21-18-15-12-9-6-3)80-98-86(91)74-71-68-65-62-60-57-55-53-51-49-47-44-42-37-35-33-31-29-27-25-23-20-17-14-11-8-5-2/h8,11,15-20,24-27,30-33,36-38,42,82-84,88-89H,4-7,9-10,12-14,21-23,28-29,34-35,39-41,43-81H2,1-3H3,(H,93,94)(H,95,96)/b11-8-,18-15-,19-16-,20-17-,26-24-,27-25-,32-30-,33-31-,38-36-,42-37-. The SMILES string of the molecule is CC/C=C\C/C=C\C/C=C\C/C=C\C/C=C\CCCCCCCCCCCCCC(=O)OCC(COP(=O)(O)OCC(O)COP(=O)(O)OCC(O)COC(=O)CCCCCCCCCCCCCCCCC/C=C\C/C=C\C/C=C\C/C=C\CCCCC)OC(=O)CCCCCCC/C=C\CCCC. The third-order valence-corrected chi connectivity index (χ3v) is 19.5. The number of rotatable bonds is 79. The minimum absolute atomic E-state index is 0.0929. The van der Waals surface area contributed by atoms with Gasteiger partial charge >= 0.3 is 33.6 Å².